The molecule has 0 radical (unpaired) electrons. The smallest absolute Gasteiger partial charge is 0.262 e. The molecule has 2 N–H and O–H groups in total. The van der Waals surface area contributed by atoms with Gasteiger partial charge in [0.15, 0.2) is 0 Å². The van der Waals surface area contributed by atoms with Gasteiger partial charge in [-0.25, -0.2) is 8.42 Å². The van der Waals surface area contributed by atoms with Gasteiger partial charge in [-0.3, -0.25) is 9.52 Å². The van der Waals surface area contributed by atoms with Crippen molar-refractivity contribution in [2.45, 2.75) is 39.0 Å². The third-order valence-corrected chi connectivity index (χ3v) is 6.33. The van der Waals surface area contributed by atoms with Gasteiger partial charge in [-0.05, 0) is 62.4 Å². The van der Waals surface area contributed by atoms with Crippen molar-refractivity contribution in [1.29, 1.82) is 0 Å². The Morgan fingerprint density at radius 2 is 1.73 bits per heavy atom. The van der Waals surface area contributed by atoms with Crippen LogP contribution in [0.2, 0.25) is 0 Å². The van der Waals surface area contributed by atoms with Crippen molar-refractivity contribution in [2.24, 2.45) is 11.8 Å². The van der Waals surface area contributed by atoms with Crippen LogP contribution in [-0.2, 0) is 14.8 Å². The highest BCUT2D eigenvalue weighted by Gasteiger charge is 2.39. The van der Waals surface area contributed by atoms with E-state index in [-0.39, 0.29) is 16.7 Å². The normalized spacial score (nSPS) is 19.1. The average Bonchev–Trinajstić information content (AvgIpc) is 3.29. The molecule has 0 spiro atoms. The second kappa shape index (κ2) is 6.76. The molecule has 0 heterocycles. The van der Waals surface area contributed by atoms with E-state index in [1.807, 2.05) is 32.9 Å². The number of carbonyl (C=O) groups is 1. The molecule has 26 heavy (non-hydrogen) atoms. The molecule has 0 unspecified atom stereocenters. The number of hydrogen-bond donors (Lipinski definition) is 2. The number of nitrogens with one attached hydrogen (secondary N) is 2. The summed E-state index contributed by atoms with van der Waals surface area (Å²) in [5.74, 6) is 0.381. The van der Waals surface area contributed by atoms with Crippen LogP contribution in [0.3, 0.4) is 0 Å². The summed E-state index contributed by atoms with van der Waals surface area (Å²) in [5.41, 5.74) is 3.61. The highest BCUT2D eigenvalue weighted by Crippen LogP contribution is 2.38. The summed E-state index contributed by atoms with van der Waals surface area (Å²) in [4.78, 5) is 12.3. The maximum atomic E-state index is 12.9. The number of benzene rings is 2. The van der Waals surface area contributed by atoms with Crippen molar-refractivity contribution in [3.63, 3.8) is 0 Å². The number of aryl methyl sites for hydroxylation is 3. The van der Waals surface area contributed by atoms with E-state index >= 15 is 0 Å². The van der Waals surface area contributed by atoms with E-state index in [1.165, 1.54) is 6.07 Å². The second-order valence-electron chi connectivity index (χ2n) is 7.21. The minimum absolute atomic E-state index is 0.0321. The first kappa shape index (κ1) is 18.5. The lowest BCUT2D eigenvalue weighted by Crippen LogP contribution is -2.17. The molecule has 1 amide bonds. The minimum Gasteiger partial charge on any atom is -0.326 e. The molecule has 1 saturated carbocycles. The molecule has 6 heteroatoms. The number of rotatable bonds is 5. The van der Waals surface area contributed by atoms with Gasteiger partial charge in [0.05, 0.1) is 10.6 Å². The van der Waals surface area contributed by atoms with Crippen LogP contribution in [0.5, 0.6) is 0 Å². The topological polar surface area (TPSA) is 75.3 Å². The lowest BCUT2D eigenvalue weighted by molar-refractivity contribution is -0.117. The van der Waals surface area contributed by atoms with Crippen molar-refractivity contribution >= 4 is 27.3 Å². The summed E-state index contributed by atoms with van der Waals surface area (Å²) >= 11 is 0. The number of hydrogen-bond acceptors (Lipinski definition) is 3. The second-order valence-corrected chi connectivity index (χ2v) is 8.86. The van der Waals surface area contributed by atoms with Gasteiger partial charge in [-0.2, -0.15) is 0 Å². The van der Waals surface area contributed by atoms with Crippen molar-refractivity contribution < 1.29 is 13.2 Å². The molecule has 0 saturated heterocycles. The Morgan fingerprint density at radius 1 is 1.04 bits per heavy atom. The van der Waals surface area contributed by atoms with Gasteiger partial charge in [0.1, 0.15) is 0 Å². The van der Waals surface area contributed by atoms with E-state index in [1.54, 1.807) is 25.1 Å². The Kier molecular flexibility index (Phi) is 4.80. The summed E-state index contributed by atoms with van der Waals surface area (Å²) in [6.07, 6.45) is 0.886. The molecule has 3 rings (SSSR count). The molecule has 0 aromatic heterocycles. The SMILES string of the molecule is Cc1ccc(NS(=O)(=O)c2cc(NC(=O)[C@@H]3C[C@H]3C)ccc2C)c(C)c1. The predicted octanol–water partition coefficient (Wildman–Crippen LogP) is 4.01. The van der Waals surface area contributed by atoms with Gasteiger partial charge in [0.25, 0.3) is 10.0 Å². The third kappa shape index (κ3) is 3.90. The number of carbonyl (C=O) groups excluding carboxylic acids is 1. The van der Waals surface area contributed by atoms with Crippen molar-refractivity contribution in [3.8, 4) is 0 Å². The van der Waals surface area contributed by atoms with E-state index < -0.39 is 10.0 Å². The third-order valence-electron chi connectivity index (χ3n) is 4.82. The molecule has 1 aliphatic carbocycles. The summed E-state index contributed by atoms with van der Waals surface area (Å²) in [6.45, 7) is 7.60. The van der Waals surface area contributed by atoms with Gasteiger partial charge < -0.3 is 5.32 Å². The van der Waals surface area contributed by atoms with Crippen LogP contribution < -0.4 is 10.0 Å². The highest BCUT2D eigenvalue weighted by molar-refractivity contribution is 7.92. The molecule has 138 valence electrons. The summed E-state index contributed by atoms with van der Waals surface area (Å²) in [5, 5.41) is 2.83. The molecular weight excluding hydrogens is 348 g/mol. The minimum atomic E-state index is -3.75. The summed E-state index contributed by atoms with van der Waals surface area (Å²) in [7, 11) is -3.75. The van der Waals surface area contributed by atoms with E-state index in [2.05, 4.69) is 10.0 Å². The maximum Gasteiger partial charge on any atom is 0.262 e. The van der Waals surface area contributed by atoms with Crippen molar-refractivity contribution in [3.05, 3.63) is 53.1 Å². The van der Waals surface area contributed by atoms with Crippen LogP contribution in [0.4, 0.5) is 11.4 Å². The fraction of sp³-hybridized carbons (Fsp3) is 0.350. The van der Waals surface area contributed by atoms with E-state index in [0.29, 0.717) is 22.9 Å². The van der Waals surface area contributed by atoms with Crippen molar-refractivity contribution in [1.82, 2.24) is 0 Å². The molecule has 2 aromatic rings. The first-order valence-corrected chi connectivity index (χ1v) is 10.2. The van der Waals surface area contributed by atoms with Crippen LogP contribution in [0.1, 0.15) is 30.0 Å². The Labute approximate surface area is 154 Å². The Balaban J connectivity index is 1.86. The van der Waals surface area contributed by atoms with E-state index in [0.717, 1.165) is 17.5 Å². The molecule has 1 fully saturated rings. The molecule has 0 bridgehead atoms. The van der Waals surface area contributed by atoms with Gasteiger partial charge in [0.2, 0.25) is 5.91 Å². The van der Waals surface area contributed by atoms with Gasteiger partial charge in [-0.15, -0.1) is 0 Å². The van der Waals surface area contributed by atoms with Crippen LogP contribution in [0.25, 0.3) is 0 Å². The van der Waals surface area contributed by atoms with E-state index in [4.69, 9.17) is 0 Å². The molecule has 0 aliphatic heterocycles. The quantitative estimate of drug-likeness (QED) is 0.833. The maximum absolute atomic E-state index is 12.9. The van der Waals surface area contributed by atoms with Crippen LogP contribution in [0.15, 0.2) is 41.3 Å². The molecule has 5 nitrogen and oxygen atoms in total. The van der Waals surface area contributed by atoms with E-state index in [9.17, 15) is 13.2 Å². The van der Waals surface area contributed by atoms with Crippen LogP contribution >= 0.6 is 0 Å². The first-order chi connectivity index (χ1) is 12.2. The van der Waals surface area contributed by atoms with Crippen LogP contribution in [0, 0.1) is 32.6 Å². The van der Waals surface area contributed by atoms with Gasteiger partial charge in [-0.1, -0.05) is 30.7 Å². The lowest BCUT2D eigenvalue weighted by Gasteiger charge is -2.14. The monoisotopic (exact) mass is 372 g/mol. The summed E-state index contributed by atoms with van der Waals surface area (Å²) < 4.78 is 28.4. The molecule has 1 aliphatic rings. The molecular formula is C20H24N2O3S. The lowest BCUT2D eigenvalue weighted by atomic mass is 10.1. The zero-order valence-electron chi connectivity index (χ0n) is 15.5. The van der Waals surface area contributed by atoms with Crippen molar-refractivity contribution in [2.75, 3.05) is 10.0 Å². The molecule has 2 atom stereocenters. The van der Waals surface area contributed by atoms with Gasteiger partial charge in [0, 0.05) is 11.6 Å². The zero-order chi connectivity index (χ0) is 19.1. The van der Waals surface area contributed by atoms with Gasteiger partial charge >= 0.3 is 0 Å². The zero-order valence-corrected chi connectivity index (χ0v) is 16.3. The Morgan fingerprint density at radius 3 is 2.35 bits per heavy atom. The van der Waals surface area contributed by atoms with Crippen LogP contribution in [-0.4, -0.2) is 14.3 Å². The Bertz CT molecular complexity index is 967. The standard InChI is InChI=1S/C20H24N2O3S/c1-12-5-8-18(15(4)9-12)22-26(24,25)19-11-16(7-6-13(19)2)21-20(23)17-10-14(17)3/h5-9,11,14,17,22H,10H2,1-4H3,(H,21,23)/t14-,17-/m1/s1. The fourth-order valence-electron chi connectivity index (χ4n) is 3.02. The average molecular weight is 372 g/mol. The number of amides is 1. The first-order valence-electron chi connectivity index (χ1n) is 8.69. The highest BCUT2D eigenvalue weighted by atomic mass is 32.2. The Hall–Kier alpha value is -2.34. The molecule has 2 aromatic carbocycles. The number of sulfonamides is 1. The predicted molar refractivity (Wildman–Crippen MR) is 104 cm³/mol. The number of anilines is 2. The fourth-order valence-corrected chi connectivity index (χ4v) is 4.42. The summed E-state index contributed by atoms with van der Waals surface area (Å²) in [6, 6.07) is 10.5. The largest absolute Gasteiger partial charge is 0.326 e.